The number of amides is 1. The van der Waals surface area contributed by atoms with Crippen LogP contribution in [0, 0.1) is 11.8 Å². The van der Waals surface area contributed by atoms with E-state index < -0.39 is 5.91 Å². The zero-order valence-corrected chi connectivity index (χ0v) is 10.4. The van der Waals surface area contributed by atoms with E-state index in [1.165, 1.54) is 6.20 Å². The van der Waals surface area contributed by atoms with E-state index in [2.05, 4.69) is 16.8 Å². The number of carbonyl (C=O) groups is 1. The minimum absolute atomic E-state index is 0.345. The number of nitrogens with zero attached hydrogens (tertiary/aromatic N) is 1. The lowest BCUT2D eigenvalue weighted by Crippen LogP contribution is -2.11. The Balaban J connectivity index is 2.28. The predicted octanol–water partition coefficient (Wildman–Crippen LogP) is 1.59. The Morgan fingerprint density at radius 2 is 2.00 bits per heavy atom. The van der Waals surface area contributed by atoms with Gasteiger partial charge in [-0.25, -0.2) is 0 Å². The van der Waals surface area contributed by atoms with E-state index in [0.29, 0.717) is 11.1 Å². The van der Waals surface area contributed by atoms with Crippen LogP contribution in [0.3, 0.4) is 0 Å². The second kappa shape index (κ2) is 5.69. The summed E-state index contributed by atoms with van der Waals surface area (Å²) in [4.78, 5) is 15.0. The number of pyridine rings is 1. The average molecular weight is 252 g/mol. The molecule has 1 amide bonds. The van der Waals surface area contributed by atoms with Gasteiger partial charge in [-0.05, 0) is 24.3 Å². The molecule has 0 aliphatic carbocycles. The van der Waals surface area contributed by atoms with Gasteiger partial charge >= 0.3 is 0 Å². The van der Waals surface area contributed by atoms with E-state index in [4.69, 9.17) is 10.5 Å². The van der Waals surface area contributed by atoms with Crippen LogP contribution in [0.2, 0.25) is 0 Å². The van der Waals surface area contributed by atoms with Gasteiger partial charge in [0.25, 0.3) is 0 Å². The summed E-state index contributed by atoms with van der Waals surface area (Å²) in [5.74, 6) is 6.14. The predicted molar refractivity (Wildman–Crippen MR) is 71.7 cm³/mol. The van der Waals surface area contributed by atoms with Gasteiger partial charge in [0.05, 0.1) is 12.7 Å². The normalized spacial score (nSPS) is 9.32. The molecular formula is C15H12N2O2. The summed E-state index contributed by atoms with van der Waals surface area (Å²) in [6.07, 6.45) is 3.00. The fraction of sp³-hybridized carbons (Fsp3) is 0.0667. The van der Waals surface area contributed by atoms with Crippen molar-refractivity contribution in [3.63, 3.8) is 0 Å². The van der Waals surface area contributed by atoms with Crippen LogP contribution >= 0.6 is 0 Å². The fourth-order valence-corrected chi connectivity index (χ4v) is 1.49. The van der Waals surface area contributed by atoms with Crippen LogP contribution < -0.4 is 10.5 Å². The maximum Gasteiger partial charge on any atom is 0.250 e. The van der Waals surface area contributed by atoms with E-state index in [-0.39, 0.29) is 0 Å². The minimum atomic E-state index is -0.516. The first-order valence-corrected chi connectivity index (χ1v) is 5.60. The number of carbonyl (C=O) groups excluding carboxylic acids is 1. The van der Waals surface area contributed by atoms with Gasteiger partial charge in [-0.2, -0.15) is 0 Å². The molecule has 0 fully saturated rings. The Morgan fingerprint density at radius 3 is 2.74 bits per heavy atom. The summed E-state index contributed by atoms with van der Waals surface area (Å²) in [5.41, 5.74) is 6.99. The second-order valence-electron chi connectivity index (χ2n) is 3.81. The molecule has 0 saturated carbocycles. The van der Waals surface area contributed by atoms with Crippen LogP contribution in [0.15, 0.2) is 42.7 Å². The van der Waals surface area contributed by atoms with Crippen LogP contribution in [0.5, 0.6) is 5.75 Å². The van der Waals surface area contributed by atoms with Gasteiger partial charge in [0.2, 0.25) is 5.91 Å². The monoisotopic (exact) mass is 252 g/mol. The number of benzene rings is 1. The number of methoxy groups -OCH3 is 1. The first-order valence-electron chi connectivity index (χ1n) is 5.60. The summed E-state index contributed by atoms with van der Waals surface area (Å²) in [7, 11) is 1.60. The van der Waals surface area contributed by atoms with Gasteiger partial charge < -0.3 is 10.5 Å². The molecule has 0 bridgehead atoms. The molecule has 4 heteroatoms. The number of nitrogens with two attached hydrogens (primary N) is 1. The molecule has 94 valence electrons. The van der Waals surface area contributed by atoms with Crippen molar-refractivity contribution in [1.29, 1.82) is 0 Å². The zero-order chi connectivity index (χ0) is 13.7. The molecule has 0 saturated heterocycles. The number of aromatic nitrogens is 1. The molecule has 0 atom stereocenters. The zero-order valence-electron chi connectivity index (χ0n) is 10.4. The number of rotatable bonds is 2. The van der Waals surface area contributed by atoms with Crippen molar-refractivity contribution >= 4 is 5.91 Å². The molecule has 19 heavy (non-hydrogen) atoms. The first kappa shape index (κ1) is 12.7. The van der Waals surface area contributed by atoms with Crippen molar-refractivity contribution in [2.24, 2.45) is 5.73 Å². The summed E-state index contributed by atoms with van der Waals surface area (Å²) in [5, 5.41) is 0. The maximum absolute atomic E-state index is 11.0. The van der Waals surface area contributed by atoms with Crippen LogP contribution in [-0.4, -0.2) is 18.0 Å². The van der Waals surface area contributed by atoms with Gasteiger partial charge in [-0.15, -0.1) is 0 Å². The Hall–Kier alpha value is -2.80. The highest BCUT2D eigenvalue weighted by molar-refractivity contribution is 5.92. The molecule has 4 nitrogen and oxygen atoms in total. The van der Waals surface area contributed by atoms with Gasteiger partial charge in [-0.3, -0.25) is 9.78 Å². The lowest BCUT2D eigenvalue weighted by molar-refractivity contribution is 0.1000. The minimum Gasteiger partial charge on any atom is -0.497 e. The van der Waals surface area contributed by atoms with E-state index in [0.717, 1.165) is 11.3 Å². The quantitative estimate of drug-likeness (QED) is 0.825. The highest BCUT2D eigenvalue weighted by Crippen LogP contribution is 2.11. The van der Waals surface area contributed by atoms with Crippen molar-refractivity contribution in [3.8, 4) is 17.6 Å². The summed E-state index contributed by atoms with van der Waals surface area (Å²) >= 11 is 0. The van der Waals surface area contributed by atoms with E-state index in [1.54, 1.807) is 19.4 Å². The first-order chi connectivity index (χ1) is 9.19. The van der Waals surface area contributed by atoms with Crippen molar-refractivity contribution in [2.45, 2.75) is 0 Å². The third-order valence-electron chi connectivity index (χ3n) is 2.44. The molecule has 0 unspecified atom stereocenters. The number of ether oxygens (including phenoxy) is 1. The molecule has 1 aromatic heterocycles. The number of primary amides is 1. The van der Waals surface area contributed by atoms with Crippen LogP contribution in [0.25, 0.3) is 0 Å². The molecule has 0 aliphatic rings. The van der Waals surface area contributed by atoms with Crippen molar-refractivity contribution < 1.29 is 9.53 Å². The number of hydrogen-bond donors (Lipinski definition) is 1. The topological polar surface area (TPSA) is 65.2 Å². The van der Waals surface area contributed by atoms with Gasteiger partial charge in [0, 0.05) is 23.5 Å². The summed E-state index contributed by atoms with van der Waals surface area (Å²) < 4.78 is 5.12. The molecule has 2 N–H and O–H groups in total. The fourth-order valence-electron chi connectivity index (χ4n) is 1.49. The summed E-state index contributed by atoms with van der Waals surface area (Å²) in [6.45, 7) is 0. The largest absolute Gasteiger partial charge is 0.497 e. The molecule has 2 aromatic rings. The van der Waals surface area contributed by atoms with Gasteiger partial charge in [0.1, 0.15) is 5.75 Å². The lowest BCUT2D eigenvalue weighted by Gasteiger charge is -1.98. The standard InChI is InChI=1S/C15H12N2O2/c1-19-14-4-2-3-11(8-14)5-6-12-7-13(15(16)18)10-17-9-12/h2-4,7-10H,1H3,(H2,16,18). The number of hydrogen-bond acceptors (Lipinski definition) is 3. The highest BCUT2D eigenvalue weighted by atomic mass is 16.5. The smallest absolute Gasteiger partial charge is 0.250 e. The van der Waals surface area contributed by atoms with E-state index in [1.807, 2.05) is 24.3 Å². The van der Waals surface area contributed by atoms with Crippen LogP contribution in [0.4, 0.5) is 0 Å². The molecule has 2 rings (SSSR count). The molecule has 0 aliphatic heterocycles. The molecule has 1 heterocycles. The van der Waals surface area contributed by atoms with Crippen molar-refractivity contribution in [1.82, 2.24) is 4.98 Å². The average Bonchev–Trinajstić information content (AvgIpc) is 2.45. The lowest BCUT2D eigenvalue weighted by atomic mass is 10.1. The molecular weight excluding hydrogens is 240 g/mol. The third-order valence-corrected chi connectivity index (χ3v) is 2.44. The van der Waals surface area contributed by atoms with Crippen molar-refractivity contribution in [3.05, 3.63) is 59.4 Å². The third kappa shape index (κ3) is 3.33. The Bertz CT molecular complexity index is 669. The Kier molecular flexibility index (Phi) is 3.79. The molecule has 0 radical (unpaired) electrons. The molecule has 1 aromatic carbocycles. The van der Waals surface area contributed by atoms with Gasteiger partial charge in [-0.1, -0.05) is 17.9 Å². The van der Waals surface area contributed by atoms with Crippen LogP contribution in [0.1, 0.15) is 21.5 Å². The Morgan fingerprint density at radius 1 is 1.21 bits per heavy atom. The summed E-state index contributed by atoms with van der Waals surface area (Å²) in [6, 6.07) is 9.03. The second-order valence-corrected chi connectivity index (χ2v) is 3.81. The van der Waals surface area contributed by atoms with Crippen molar-refractivity contribution in [2.75, 3.05) is 7.11 Å². The van der Waals surface area contributed by atoms with Gasteiger partial charge in [0.15, 0.2) is 0 Å². The highest BCUT2D eigenvalue weighted by Gasteiger charge is 2.00. The van der Waals surface area contributed by atoms with E-state index in [9.17, 15) is 4.79 Å². The van der Waals surface area contributed by atoms with E-state index >= 15 is 0 Å². The maximum atomic E-state index is 11.0. The Labute approximate surface area is 111 Å². The van der Waals surface area contributed by atoms with Crippen LogP contribution in [-0.2, 0) is 0 Å². The molecule has 0 spiro atoms. The SMILES string of the molecule is COc1cccc(C#Cc2cncc(C(N)=O)c2)c1.